The van der Waals surface area contributed by atoms with Gasteiger partial charge in [0.2, 0.25) is 10.0 Å². The number of nitrogens with two attached hydrogens (primary N) is 1. The Morgan fingerprint density at radius 2 is 1.81 bits per heavy atom. The molecule has 1 saturated heterocycles. The summed E-state index contributed by atoms with van der Waals surface area (Å²) in [6.45, 7) is 7.51. The van der Waals surface area contributed by atoms with Crippen LogP contribution in [0.4, 0.5) is 0 Å². The Labute approximate surface area is 127 Å². The third kappa shape index (κ3) is 4.26. The molecule has 0 aromatic heterocycles. The minimum atomic E-state index is -3.07. The van der Waals surface area contributed by atoms with Crippen molar-refractivity contribution in [2.75, 3.05) is 39.0 Å². The highest BCUT2D eigenvalue weighted by Crippen LogP contribution is 2.19. The molecule has 0 saturated carbocycles. The molecular formula is C15H25N3O2S. The van der Waals surface area contributed by atoms with Crippen molar-refractivity contribution in [2.24, 2.45) is 5.73 Å². The smallest absolute Gasteiger partial charge is 0.211 e. The maximum atomic E-state index is 11.5. The van der Waals surface area contributed by atoms with Gasteiger partial charge in [-0.3, -0.25) is 4.90 Å². The zero-order chi connectivity index (χ0) is 15.6. The highest BCUT2D eigenvalue weighted by atomic mass is 32.2. The maximum Gasteiger partial charge on any atom is 0.211 e. The third-order valence-electron chi connectivity index (χ3n) is 4.09. The Morgan fingerprint density at radius 1 is 1.19 bits per heavy atom. The van der Waals surface area contributed by atoms with Crippen LogP contribution in [0.5, 0.6) is 0 Å². The molecule has 2 rings (SSSR count). The lowest BCUT2D eigenvalue weighted by molar-refractivity contribution is 0.180. The average molecular weight is 311 g/mol. The topological polar surface area (TPSA) is 66.6 Å². The van der Waals surface area contributed by atoms with Crippen LogP contribution in [0.2, 0.25) is 0 Å². The second kappa shape index (κ2) is 6.44. The van der Waals surface area contributed by atoms with Crippen LogP contribution in [0.25, 0.3) is 0 Å². The van der Waals surface area contributed by atoms with Crippen molar-refractivity contribution in [3.8, 4) is 0 Å². The van der Waals surface area contributed by atoms with E-state index in [4.69, 9.17) is 5.73 Å². The standard InChI is InChI=1S/C15H25N3O2S/c1-12-4-5-13(2)14(10-12)15(16)11-17-6-8-18(9-7-17)21(3,19)20/h4-5,10,15H,6-9,11,16H2,1-3H3. The molecule has 0 amide bonds. The number of aryl methyl sites for hydroxylation is 2. The highest BCUT2D eigenvalue weighted by Gasteiger charge is 2.24. The molecule has 0 bridgehead atoms. The Bertz CT molecular complexity index is 593. The van der Waals surface area contributed by atoms with Gasteiger partial charge in [-0.25, -0.2) is 8.42 Å². The minimum absolute atomic E-state index is 0.0327. The summed E-state index contributed by atoms with van der Waals surface area (Å²) in [6.07, 6.45) is 1.27. The van der Waals surface area contributed by atoms with Crippen LogP contribution in [0, 0.1) is 13.8 Å². The van der Waals surface area contributed by atoms with Crippen LogP contribution in [-0.4, -0.2) is 56.6 Å². The summed E-state index contributed by atoms with van der Waals surface area (Å²) in [4.78, 5) is 2.24. The Kier molecular flexibility index (Phi) is 5.03. The summed E-state index contributed by atoms with van der Waals surface area (Å²) in [5, 5.41) is 0. The minimum Gasteiger partial charge on any atom is -0.323 e. The summed E-state index contributed by atoms with van der Waals surface area (Å²) in [6, 6.07) is 6.31. The molecule has 21 heavy (non-hydrogen) atoms. The molecule has 5 nitrogen and oxygen atoms in total. The predicted octanol–water partition coefficient (Wildman–Crippen LogP) is 0.880. The second-order valence-corrected chi connectivity index (χ2v) is 7.91. The van der Waals surface area contributed by atoms with Gasteiger partial charge in [0.05, 0.1) is 6.26 Å². The van der Waals surface area contributed by atoms with Gasteiger partial charge in [-0.05, 0) is 25.0 Å². The summed E-state index contributed by atoms with van der Waals surface area (Å²) in [5.41, 5.74) is 9.95. The van der Waals surface area contributed by atoms with E-state index in [2.05, 4.69) is 36.9 Å². The normalized spacial score (nSPS) is 19.6. The molecule has 1 fully saturated rings. The number of benzene rings is 1. The van der Waals surface area contributed by atoms with Crippen LogP contribution >= 0.6 is 0 Å². The molecule has 6 heteroatoms. The van der Waals surface area contributed by atoms with E-state index < -0.39 is 10.0 Å². The van der Waals surface area contributed by atoms with E-state index in [1.54, 1.807) is 0 Å². The quantitative estimate of drug-likeness (QED) is 0.896. The van der Waals surface area contributed by atoms with Crippen molar-refractivity contribution in [3.63, 3.8) is 0 Å². The molecular weight excluding hydrogens is 286 g/mol. The Balaban J connectivity index is 1.96. The number of hydrogen-bond donors (Lipinski definition) is 1. The monoisotopic (exact) mass is 311 g/mol. The first-order chi connectivity index (χ1) is 9.77. The van der Waals surface area contributed by atoms with Gasteiger partial charge in [-0.15, -0.1) is 0 Å². The first-order valence-corrected chi connectivity index (χ1v) is 9.12. The molecule has 1 aliphatic heterocycles. The van der Waals surface area contributed by atoms with Gasteiger partial charge < -0.3 is 5.73 Å². The van der Waals surface area contributed by atoms with E-state index in [1.807, 2.05) is 0 Å². The fourth-order valence-electron chi connectivity index (χ4n) is 2.78. The summed E-state index contributed by atoms with van der Waals surface area (Å²) in [5.74, 6) is 0. The number of nitrogens with zero attached hydrogens (tertiary/aromatic N) is 2. The molecule has 2 N–H and O–H groups in total. The number of piperazine rings is 1. The molecule has 1 unspecified atom stereocenters. The van der Waals surface area contributed by atoms with Crippen molar-refractivity contribution in [3.05, 3.63) is 34.9 Å². The number of sulfonamides is 1. The van der Waals surface area contributed by atoms with Crippen LogP contribution < -0.4 is 5.73 Å². The van der Waals surface area contributed by atoms with Crippen LogP contribution in [0.1, 0.15) is 22.7 Å². The van der Waals surface area contributed by atoms with Gasteiger partial charge in [0.15, 0.2) is 0 Å². The van der Waals surface area contributed by atoms with Gasteiger partial charge in [0, 0.05) is 38.8 Å². The van der Waals surface area contributed by atoms with Crippen molar-refractivity contribution < 1.29 is 8.42 Å². The summed E-state index contributed by atoms with van der Waals surface area (Å²) < 4.78 is 24.5. The van der Waals surface area contributed by atoms with Gasteiger partial charge in [0.25, 0.3) is 0 Å². The molecule has 1 aliphatic rings. The summed E-state index contributed by atoms with van der Waals surface area (Å²) >= 11 is 0. The Hall–Kier alpha value is -0.950. The second-order valence-electron chi connectivity index (χ2n) is 5.93. The SMILES string of the molecule is Cc1ccc(C)c(C(N)CN2CCN(S(C)(=O)=O)CC2)c1. The van der Waals surface area contributed by atoms with E-state index >= 15 is 0 Å². The zero-order valence-electron chi connectivity index (χ0n) is 13.0. The molecule has 1 aromatic rings. The number of rotatable bonds is 4. The largest absolute Gasteiger partial charge is 0.323 e. The first kappa shape index (κ1) is 16.4. The highest BCUT2D eigenvalue weighted by molar-refractivity contribution is 7.88. The fraction of sp³-hybridized carbons (Fsp3) is 0.600. The van der Waals surface area contributed by atoms with Crippen LogP contribution in [0.15, 0.2) is 18.2 Å². The Morgan fingerprint density at radius 3 is 2.38 bits per heavy atom. The van der Waals surface area contributed by atoms with E-state index in [-0.39, 0.29) is 6.04 Å². The summed E-state index contributed by atoms with van der Waals surface area (Å²) in [7, 11) is -3.07. The molecule has 0 aliphatic carbocycles. The maximum absolute atomic E-state index is 11.5. The van der Waals surface area contributed by atoms with Gasteiger partial charge in [-0.1, -0.05) is 23.8 Å². The van der Waals surface area contributed by atoms with Crippen molar-refractivity contribution in [1.29, 1.82) is 0 Å². The van der Waals surface area contributed by atoms with E-state index in [0.29, 0.717) is 13.1 Å². The number of hydrogen-bond acceptors (Lipinski definition) is 4. The molecule has 118 valence electrons. The lowest BCUT2D eigenvalue weighted by Gasteiger charge is -2.34. The predicted molar refractivity (Wildman–Crippen MR) is 85.7 cm³/mol. The van der Waals surface area contributed by atoms with Gasteiger partial charge in [-0.2, -0.15) is 4.31 Å². The van der Waals surface area contributed by atoms with Crippen molar-refractivity contribution >= 4 is 10.0 Å². The van der Waals surface area contributed by atoms with Crippen LogP contribution in [-0.2, 0) is 10.0 Å². The fourth-order valence-corrected chi connectivity index (χ4v) is 3.61. The molecule has 1 atom stereocenters. The van der Waals surface area contributed by atoms with Crippen molar-refractivity contribution in [1.82, 2.24) is 9.21 Å². The first-order valence-electron chi connectivity index (χ1n) is 7.27. The van der Waals surface area contributed by atoms with Crippen molar-refractivity contribution in [2.45, 2.75) is 19.9 Å². The van der Waals surface area contributed by atoms with Crippen LogP contribution in [0.3, 0.4) is 0 Å². The molecule has 0 spiro atoms. The molecule has 1 heterocycles. The average Bonchev–Trinajstić information content (AvgIpc) is 2.41. The van der Waals surface area contributed by atoms with Gasteiger partial charge in [0.1, 0.15) is 0 Å². The van der Waals surface area contributed by atoms with E-state index in [9.17, 15) is 8.42 Å². The van der Waals surface area contributed by atoms with Gasteiger partial charge >= 0.3 is 0 Å². The molecule has 0 radical (unpaired) electrons. The van der Waals surface area contributed by atoms with E-state index in [0.717, 1.165) is 19.6 Å². The third-order valence-corrected chi connectivity index (χ3v) is 5.39. The lowest BCUT2D eigenvalue weighted by Crippen LogP contribution is -2.49. The van der Waals surface area contributed by atoms with E-state index in [1.165, 1.54) is 27.3 Å². The molecule has 1 aromatic carbocycles. The lowest BCUT2D eigenvalue weighted by atomic mass is 9.99. The zero-order valence-corrected chi connectivity index (χ0v) is 13.9.